The van der Waals surface area contributed by atoms with E-state index in [1.54, 1.807) is 6.20 Å². The molecule has 1 heterocycles. The van der Waals surface area contributed by atoms with Crippen molar-refractivity contribution < 1.29 is 4.74 Å². The number of hydrogen-bond donors (Lipinski definition) is 1. The summed E-state index contributed by atoms with van der Waals surface area (Å²) in [7, 11) is 3.83. The predicted molar refractivity (Wildman–Crippen MR) is 70.5 cm³/mol. The highest BCUT2D eigenvalue weighted by Crippen LogP contribution is 2.07. The molecule has 0 atom stereocenters. The van der Waals surface area contributed by atoms with E-state index in [2.05, 4.69) is 21.9 Å². The molecule has 17 heavy (non-hydrogen) atoms. The lowest BCUT2D eigenvalue weighted by Crippen LogP contribution is -2.15. The van der Waals surface area contributed by atoms with Gasteiger partial charge in [-0.2, -0.15) is 4.98 Å². The second-order valence-corrected chi connectivity index (χ2v) is 3.75. The van der Waals surface area contributed by atoms with E-state index in [4.69, 9.17) is 4.74 Å². The summed E-state index contributed by atoms with van der Waals surface area (Å²) in [6.07, 6.45) is 4.47. The van der Waals surface area contributed by atoms with Crippen molar-refractivity contribution in [2.45, 2.75) is 6.42 Å². The zero-order valence-electron chi connectivity index (χ0n) is 10.5. The second-order valence-electron chi connectivity index (χ2n) is 3.75. The summed E-state index contributed by atoms with van der Waals surface area (Å²) in [5.41, 5.74) is 0. The number of ether oxygens (including phenoxy) is 1. The van der Waals surface area contributed by atoms with Gasteiger partial charge in [-0.05, 0) is 12.5 Å². The van der Waals surface area contributed by atoms with Gasteiger partial charge in [-0.25, -0.2) is 4.98 Å². The second kappa shape index (κ2) is 7.62. The van der Waals surface area contributed by atoms with Gasteiger partial charge >= 0.3 is 0 Å². The van der Waals surface area contributed by atoms with Crippen LogP contribution in [-0.4, -0.2) is 43.8 Å². The van der Waals surface area contributed by atoms with E-state index in [1.807, 2.05) is 31.1 Å². The first-order chi connectivity index (χ1) is 8.24. The topological polar surface area (TPSA) is 50.3 Å². The van der Waals surface area contributed by atoms with Crippen LogP contribution >= 0.6 is 0 Å². The van der Waals surface area contributed by atoms with Gasteiger partial charge in [-0.15, -0.1) is 6.58 Å². The Labute approximate surface area is 103 Å². The van der Waals surface area contributed by atoms with Crippen molar-refractivity contribution >= 4 is 11.8 Å². The van der Waals surface area contributed by atoms with Gasteiger partial charge in [0.15, 0.2) is 0 Å². The van der Waals surface area contributed by atoms with Gasteiger partial charge in [0, 0.05) is 26.8 Å². The fourth-order valence-electron chi connectivity index (χ4n) is 1.18. The first-order valence-corrected chi connectivity index (χ1v) is 5.67. The molecule has 0 saturated heterocycles. The van der Waals surface area contributed by atoms with Crippen molar-refractivity contribution in [3.05, 3.63) is 24.9 Å². The Hall–Kier alpha value is -1.62. The summed E-state index contributed by atoms with van der Waals surface area (Å²) in [6, 6.07) is 1.84. The van der Waals surface area contributed by atoms with Crippen LogP contribution in [0.2, 0.25) is 0 Å². The quantitative estimate of drug-likeness (QED) is 0.548. The zero-order chi connectivity index (χ0) is 12.5. The summed E-state index contributed by atoms with van der Waals surface area (Å²) >= 11 is 0. The van der Waals surface area contributed by atoms with Crippen LogP contribution in [0, 0.1) is 0 Å². The first-order valence-electron chi connectivity index (χ1n) is 5.67. The molecule has 94 valence electrons. The van der Waals surface area contributed by atoms with Crippen molar-refractivity contribution in [3.8, 4) is 0 Å². The lowest BCUT2D eigenvalue weighted by molar-refractivity contribution is 0.149. The number of rotatable bonds is 8. The number of aromatic nitrogens is 2. The summed E-state index contributed by atoms with van der Waals surface area (Å²) < 4.78 is 5.39. The molecule has 5 nitrogen and oxygen atoms in total. The van der Waals surface area contributed by atoms with E-state index in [0.717, 1.165) is 25.4 Å². The zero-order valence-corrected chi connectivity index (χ0v) is 10.5. The molecule has 0 aliphatic heterocycles. The lowest BCUT2D eigenvalue weighted by atomic mass is 10.4. The van der Waals surface area contributed by atoms with E-state index in [-0.39, 0.29) is 0 Å². The van der Waals surface area contributed by atoms with Gasteiger partial charge < -0.3 is 15.0 Å². The molecule has 1 aromatic heterocycles. The predicted octanol–water partition coefficient (Wildman–Crippen LogP) is 1.55. The molecule has 1 aromatic rings. The molecule has 0 amide bonds. The van der Waals surface area contributed by atoms with Crippen molar-refractivity contribution in [1.82, 2.24) is 9.97 Å². The average molecular weight is 236 g/mol. The van der Waals surface area contributed by atoms with Crippen molar-refractivity contribution in [1.29, 1.82) is 0 Å². The number of anilines is 2. The molecule has 1 N–H and O–H groups in total. The van der Waals surface area contributed by atoms with Gasteiger partial charge in [-0.1, -0.05) is 6.08 Å². The van der Waals surface area contributed by atoms with Crippen molar-refractivity contribution in [2.75, 3.05) is 44.1 Å². The molecule has 0 aliphatic carbocycles. The highest BCUT2D eigenvalue weighted by molar-refractivity contribution is 5.40. The Kier molecular flexibility index (Phi) is 6.03. The maximum atomic E-state index is 5.39. The monoisotopic (exact) mass is 236 g/mol. The Morgan fingerprint density at radius 1 is 1.47 bits per heavy atom. The summed E-state index contributed by atoms with van der Waals surface area (Å²) in [4.78, 5) is 10.3. The molecule has 0 unspecified atom stereocenters. The summed E-state index contributed by atoms with van der Waals surface area (Å²) in [6.45, 7) is 5.75. The molecule has 0 spiro atoms. The minimum Gasteiger partial charge on any atom is -0.379 e. The maximum absolute atomic E-state index is 5.39. The van der Waals surface area contributed by atoms with Crippen LogP contribution in [0.3, 0.4) is 0 Å². The Bertz CT molecular complexity index is 341. The SMILES string of the molecule is C=CCCOCCNc1ccnc(N(C)C)n1. The first kappa shape index (κ1) is 13.4. The maximum Gasteiger partial charge on any atom is 0.226 e. The van der Waals surface area contributed by atoms with Crippen LogP contribution in [-0.2, 0) is 4.74 Å². The van der Waals surface area contributed by atoms with Gasteiger partial charge in [-0.3, -0.25) is 0 Å². The molecule has 0 radical (unpaired) electrons. The summed E-state index contributed by atoms with van der Waals surface area (Å²) in [5.74, 6) is 1.51. The molecule has 0 bridgehead atoms. The minimum absolute atomic E-state index is 0.662. The van der Waals surface area contributed by atoms with Crippen molar-refractivity contribution in [2.24, 2.45) is 0 Å². The fraction of sp³-hybridized carbons (Fsp3) is 0.500. The van der Waals surface area contributed by atoms with E-state index >= 15 is 0 Å². The van der Waals surface area contributed by atoms with Crippen LogP contribution in [0.25, 0.3) is 0 Å². The molecular weight excluding hydrogens is 216 g/mol. The van der Waals surface area contributed by atoms with Crippen LogP contribution < -0.4 is 10.2 Å². The van der Waals surface area contributed by atoms with Gasteiger partial charge in [0.2, 0.25) is 5.95 Å². The van der Waals surface area contributed by atoms with Crippen LogP contribution in [0.5, 0.6) is 0 Å². The largest absolute Gasteiger partial charge is 0.379 e. The highest BCUT2D eigenvalue weighted by Gasteiger charge is 1.99. The van der Waals surface area contributed by atoms with Gasteiger partial charge in [0.1, 0.15) is 5.82 Å². The van der Waals surface area contributed by atoms with Gasteiger partial charge in [0.05, 0.1) is 13.2 Å². The van der Waals surface area contributed by atoms with E-state index in [0.29, 0.717) is 12.6 Å². The Balaban J connectivity index is 2.26. The smallest absolute Gasteiger partial charge is 0.226 e. The number of hydrogen-bond acceptors (Lipinski definition) is 5. The average Bonchev–Trinajstić information content (AvgIpc) is 2.34. The molecular formula is C12H20N4O. The van der Waals surface area contributed by atoms with Crippen LogP contribution in [0.1, 0.15) is 6.42 Å². The molecule has 1 rings (SSSR count). The van der Waals surface area contributed by atoms with Crippen LogP contribution in [0.4, 0.5) is 11.8 Å². The molecule has 0 saturated carbocycles. The number of nitrogens with one attached hydrogen (secondary N) is 1. The number of nitrogens with zero attached hydrogens (tertiary/aromatic N) is 3. The van der Waals surface area contributed by atoms with Crippen molar-refractivity contribution in [3.63, 3.8) is 0 Å². The molecule has 5 heteroatoms. The van der Waals surface area contributed by atoms with Crippen LogP contribution in [0.15, 0.2) is 24.9 Å². The van der Waals surface area contributed by atoms with E-state index in [9.17, 15) is 0 Å². The molecule has 0 aliphatic rings. The van der Waals surface area contributed by atoms with Gasteiger partial charge in [0.25, 0.3) is 0 Å². The fourth-order valence-corrected chi connectivity index (χ4v) is 1.18. The Morgan fingerprint density at radius 2 is 2.29 bits per heavy atom. The third-order valence-electron chi connectivity index (χ3n) is 2.06. The van der Waals surface area contributed by atoms with E-state index < -0.39 is 0 Å². The third kappa shape index (κ3) is 5.31. The normalized spacial score (nSPS) is 10.0. The third-order valence-corrected chi connectivity index (χ3v) is 2.06. The standard InChI is InChI=1S/C12H20N4O/c1-4-5-9-17-10-8-13-11-6-7-14-12(15-11)16(2)3/h4,6-7H,1,5,8-10H2,2-3H3,(H,13,14,15). The molecule has 0 aromatic carbocycles. The van der Waals surface area contributed by atoms with E-state index in [1.165, 1.54) is 0 Å². The summed E-state index contributed by atoms with van der Waals surface area (Å²) in [5, 5.41) is 3.19. The minimum atomic E-state index is 0.662. The highest BCUT2D eigenvalue weighted by atomic mass is 16.5. The lowest BCUT2D eigenvalue weighted by Gasteiger charge is -2.11. The Morgan fingerprint density at radius 3 is 3.00 bits per heavy atom. The molecule has 0 fully saturated rings.